The second-order valence-corrected chi connectivity index (χ2v) is 3.29. The molecule has 1 aromatic carbocycles. The molecule has 0 saturated heterocycles. The third-order valence-electron chi connectivity index (χ3n) is 1.94. The van der Waals surface area contributed by atoms with E-state index in [1.807, 2.05) is 10.6 Å². The number of aliphatic hydroxyl groups excluding tert-OH is 1. The molecule has 0 heterocycles. The molecule has 98 valence electrons. The zero-order valence-corrected chi connectivity index (χ0v) is 8.98. The number of halogens is 2. The smallest absolute Gasteiger partial charge is 0.334 e. The number of carboxylic acids is 1. The van der Waals surface area contributed by atoms with Gasteiger partial charge in [0, 0.05) is 0 Å². The van der Waals surface area contributed by atoms with Crippen molar-refractivity contribution in [3.05, 3.63) is 29.8 Å². The van der Waals surface area contributed by atoms with Crippen LogP contribution in [0.4, 0.5) is 19.3 Å². The lowest BCUT2D eigenvalue weighted by molar-refractivity contribution is -0.146. The number of benzene rings is 1. The van der Waals surface area contributed by atoms with Crippen LogP contribution in [0.3, 0.4) is 0 Å². The molecular formula is C10H10F2N2O4. The fraction of sp³-hybridized carbons (Fsp3) is 0.200. The van der Waals surface area contributed by atoms with Crippen LogP contribution in [0, 0.1) is 11.6 Å². The van der Waals surface area contributed by atoms with Gasteiger partial charge in [-0.3, -0.25) is 0 Å². The van der Waals surface area contributed by atoms with E-state index < -0.39 is 42.0 Å². The molecule has 0 fully saturated rings. The number of hydrogen-bond donors (Lipinski definition) is 4. The fourth-order valence-electron chi connectivity index (χ4n) is 1.05. The molecule has 0 aromatic heterocycles. The Morgan fingerprint density at radius 1 is 1.28 bits per heavy atom. The number of carboxylic acid groups (broad SMARTS) is 1. The van der Waals surface area contributed by atoms with Crippen LogP contribution in [-0.4, -0.2) is 34.9 Å². The Morgan fingerprint density at radius 2 is 1.83 bits per heavy atom. The van der Waals surface area contributed by atoms with E-state index in [1.54, 1.807) is 0 Å². The topological polar surface area (TPSA) is 98.7 Å². The van der Waals surface area contributed by atoms with E-state index in [-0.39, 0.29) is 0 Å². The van der Waals surface area contributed by atoms with Gasteiger partial charge in [0.25, 0.3) is 0 Å². The van der Waals surface area contributed by atoms with Gasteiger partial charge in [0.05, 0.1) is 6.54 Å². The van der Waals surface area contributed by atoms with E-state index in [2.05, 4.69) is 0 Å². The summed E-state index contributed by atoms with van der Waals surface area (Å²) in [7, 11) is 0. The molecule has 2 amide bonds. The summed E-state index contributed by atoms with van der Waals surface area (Å²) in [5.41, 5.74) is -0.653. The highest BCUT2D eigenvalue weighted by molar-refractivity contribution is 5.89. The normalized spacial score (nSPS) is 11.7. The maximum atomic E-state index is 13.1. The Hall–Kier alpha value is -2.22. The molecular weight excluding hydrogens is 250 g/mol. The number of amides is 2. The second-order valence-electron chi connectivity index (χ2n) is 3.29. The van der Waals surface area contributed by atoms with E-state index >= 15 is 0 Å². The number of aliphatic carboxylic acids is 1. The highest BCUT2D eigenvalue weighted by Gasteiger charge is 2.16. The SMILES string of the molecule is O=C(NC[C@H](O)C(=O)O)Nc1c(F)cccc1F. The van der Waals surface area contributed by atoms with Crippen LogP contribution in [-0.2, 0) is 4.79 Å². The fourth-order valence-corrected chi connectivity index (χ4v) is 1.05. The molecule has 4 N–H and O–H groups in total. The lowest BCUT2D eigenvalue weighted by Gasteiger charge is -2.10. The lowest BCUT2D eigenvalue weighted by Crippen LogP contribution is -2.39. The number of para-hydroxylation sites is 1. The van der Waals surface area contributed by atoms with E-state index in [0.29, 0.717) is 0 Å². The van der Waals surface area contributed by atoms with Gasteiger partial charge >= 0.3 is 12.0 Å². The Bertz CT molecular complexity index is 447. The maximum absolute atomic E-state index is 13.1. The predicted octanol–water partition coefficient (Wildman–Crippen LogP) is 0.532. The van der Waals surface area contributed by atoms with Crippen LogP contribution in [0.5, 0.6) is 0 Å². The Morgan fingerprint density at radius 3 is 2.33 bits per heavy atom. The standard InChI is InChI=1S/C10H10F2N2O4/c11-5-2-1-3-6(12)8(5)14-10(18)13-4-7(15)9(16)17/h1-3,7,15H,4H2,(H,16,17)(H2,13,14,18)/t7-/m0/s1. The summed E-state index contributed by atoms with van der Waals surface area (Å²) in [4.78, 5) is 21.4. The summed E-state index contributed by atoms with van der Waals surface area (Å²) in [5.74, 6) is -3.46. The van der Waals surface area contributed by atoms with Crippen molar-refractivity contribution >= 4 is 17.7 Å². The largest absolute Gasteiger partial charge is 0.479 e. The first-order valence-electron chi connectivity index (χ1n) is 4.81. The van der Waals surface area contributed by atoms with E-state index in [1.165, 1.54) is 0 Å². The molecule has 0 radical (unpaired) electrons. The Balaban J connectivity index is 2.58. The van der Waals surface area contributed by atoms with Crippen LogP contribution in [0.1, 0.15) is 0 Å². The molecule has 18 heavy (non-hydrogen) atoms. The molecule has 6 nitrogen and oxygen atoms in total. The first-order valence-corrected chi connectivity index (χ1v) is 4.81. The van der Waals surface area contributed by atoms with E-state index in [4.69, 9.17) is 10.2 Å². The molecule has 0 spiro atoms. The minimum Gasteiger partial charge on any atom is -0.479 e. The molecule has 0 unspecified atom stereocenters. The number of urea groups is 1. The van der Waals surface area contributed by atoms with Crippen molar-refractivity contribution < 1.29 is 28.6 Å². The maximum Gasteiger partial charge on any atom is 0.334 e. The van der Waals surface area contributed by atoms with Crippen molar-refractivity contribution in [1.29, 1.82) is 0 Å². The number of rotatable bonds is 4. The number of hydrogen-bond acceptors (Lipinski definition) is 3. The molecule has 0 aliphatic carbocycles. The molecule has 0 aliphatic rings. The van der Waals surface area contributed by atoms with Gasteiger partial charge in [-0.15, -0.1) is 0 Å². The van der Waals surface area contributed by atoms with Crippen molar-refractivity contribution in [2.75, 3.05) is 11.9 Å². The van der Waals surface area contributed by atoms with E-state index in [0.717, 1.165) is 18.2 Å². The minimum absolute atomic E-state index is 0.586. The van der Waals surface area contributed by atoms with Crippen LogP contribution >= 0.6 is 0 Å². The number of anilines is 1. The van der Waals surface area contributed by atoms with Crippen molar-refractivity contribution in [3.63, 3.8) is 0 Å². The van der Waals surface area contributed by atoms with Crippen LogP contribution in [0.2, 0.25) is 0 Å². The monoisotopic (exact) mass is 260 g/mol. The summed E-state index contributed by atoms with van der Waals surface area (Å²) in [6.07, 6.45) is -1.79. The zero-order chi connectivity index (χ0) is 13.7. The van der Waals surface area contributed by atoms with Crippen LogP contribution in [0.15, 0.2) is 18.2 Å². The van der Waals surface area contributed by atoms with Crippen molar-refractivity contribution in [1.82, 2.24) is 5.32 Å². The van der Waals surface area contributed by atoms with Crippen LogP contribution in [0.25, 0.3) is 0 Å². The van der Waals surface area contributed by atoms with Gasteiger partial charge in [-0.25, -0.2) is 18.4 Å². The number of carbonyl (C=O) groups is 2. The molecule has 0 aliphatic heterocycles. The van der Waals surface area contributed by atoms with Gasteiger partial charge in [0.1, 0.15) is 17.3 Å². The first-order chi connectivity index (χ1) is 8.41. The van der Waals surface area contributed by atoms with Gasteiger partial charge < -0.3 is 20.8 Å². The molecule has 1 aromatic rings. The van der Waals surface area contributed by atoms with Gasteiger partial charge in [-0.1, -0.05) is 6.07 Å². The van der Waals surface area contributed by atoms with Gasteiger partial charge in [0.2, 0.25) is 0 Å². The summed E-state index contributed by atoms with van der Waals surface area (Å²) in [6, 6.07) is 2.00. The van der Waals surface area contributed by atoms with Gasteiger partial charge in [-0.2, -0.15) is 0 Å². The quantitative estimate of drug-likeness (QED) is 0.634. The highest BCUT2D eigenvalue weighted by Crippen LogP contribution is 2.17. The summed E-state index contributed by atoms with van der Waals surface area (Å²) >= 11 is 0. The third kappa shape index (κ3) is 3.67. The van der Waals surface area contributed by atoms with E-state index in [9.17, 15) is 18.4 Å². The number of carbonyl (C=O) groups excluding carboxylic acids is 1. The van der Waals surface area contributed by atoms with Gasteiger partial charge in [0.15, 0.2) is 6.10 Å². The minimum atomic E-state index is -1.79. The van der Waals surface area contributed by atoms with Gasteiger partial charge in [-0.05, 0) is 12.1 Å². The summed E-state index contributed by atoms with van der Waals surface area (Å²) in [6.45, 7) is -0.586. The average Bonchev–Trinajstić information content (AvgIpc) is 2.30. The summed E-state index contributed by atoms with van der Waals surface area (Å²) < 4.78 is 26.2. The predicted molar refractivity (Wildman–Crippen MR) is 57.0 cm³/mol. The Labute approximate surface area is 100 Å². The number of nitrogens with one attached hydrogen (secondary N) is 2. The van der Waals surface area contributed by atoms with Crippen LogP contribution < -0.4 is 10.6 Å². The highest BCUT2D eigenvalue weighted by atomic mass is 19.1. The first kappa shape index (κ1) is 13.8. The van der Waals surface area contributed by atoms with Crippen molar-refractivity contribution in [2.45, 2.75) is 6.10 Å². The average molecular weight is 260 g/mol. The molecule has 0 saturated carbocycles. The molecule has 0 bridgehead atoms. The molecule has 8 heteroatoms. The second kappa shape index (κ2) is 5.92. The lowest BCUT2D eigenvalue weighted by atomic mass is 10.3. The van der Waals surface area contributed by atoms with Crippen molar-refractivity contribution in [2.24, 2.45) is 0 Å². The summed E-state index contributed by atoms with van der Waals surface area (Å²) in [5, 5.41) is 21.0. The number of aliphatic hydroxyl groups is 1. The molecule has 1 rings (SSSR count). The van der Waals surface area contributed by atoms with Crippen molar-refractivity contribution in [3.8, 4) is 0 Å². The molecule has 1 atom stereocenters. The Kier molecular flexibility index (Phi) is 4.55. The zero-order valence-electron chi connectivity index (χ0n) is 8.98. The third-order valence-corrected chi connectivity index (χ3v) is 1.94.